The minimum Gasteiger partial charge on any atom is -0.394 e. The third-order valence-electron chi connectivity index (χ3n) is 1.82. The van der Waals surface area contributed by atoms with Crippen molar-refractivity contribution in [3.63, 3.8) is 0 Å². The van der Waals surface area contributed by atoms with Gasteiger partial charge < -0.3 is 5.11 Å². The van der Waals surface area contributed by atoms with Gasteiger partial charge in [0.1, 0.15) is 0 Å². The quantitative estimate of drug-likeness (QED) is 0.352. The van der Waals surface area contributed by atoms with Gasteiger partial charge in [0.25, 0.3) is 0 Å². The van der Waals surface area contributed by atoms with Crippen LogP contribution in [0.1, 0.15) is 25.7 Å². The van der Waals surface area contributed by atoms with Crippen LogP contribution in [0.5, 0.6) is 0 Å². The van der Waals surface area contributed by atoms with Crippen LogP contribution < -0.4 is 0 Å². The Labute approximate surface area is 82.6 Å². The van der Waals surface area contributed by atoms with Crippen molar-refractivity contribution in [3.8, 4) is 0 Å². The zero-order chi connectivity index (χ0) is 10.6. The maximum atomic E-state index is 9.89. The first-order valence-electron chi connectivity index (χ1n) is 4.56. The predicted octanol–water partition coefficient (Wildman–Crippen LogP) is 0.579. The third-order valence-corrected chi connectivity index (χ3v) is 1.82. The first kappa shape index (κ1) is 12.7. The van der Waals surface area contributed by atoms with Crippen LogP contribution in [0.15, 0.2) is 9.98 Å². The van der Waals surface area contributed by atoms with Gasteiger partial charge >= 0.3 is 0 Å². The molecule has 0 radical (unpaired) electrons. The Hall–Kier alpha value is -1.28. The van der Waals surface area contributed by atoms with Gasteiger partial charge in [-0.25, -0.2) is 19.6 Å². The number of nitrogens with zero attached hydrogens (tertiary/aromatic N) is 2. The Kier molecular flexibility index (Phi) is 8.91. The molecule has 0 aliphatic heterocycles. The number of carbonyl (C=O) groups excluding carboxylic acids is 2. The number of unbranched alkanes of at least 4 members (excludes halogenated alkanes) is 2. The van der Waals surface area contributed by atoms with E-state index in [0.717, 1.165) is 19.3 Å². The number of aliphatic imine (C=N–C) groups is 2. The summed E-state index contributed by atoms with van der Waals surface area (Å²) >= 11 is 0. The Morgan fingerprint density at radius 1 is 1.14 bits per heavy atom. The molecule has 0 aliphatic carbocycles. The fourth-order valence-electron chi connectivity index (χ4n) is 1.06. The smallest absolute Gasteiger partial charge is 0.235 e. The highest BCUT2D eigenvalue weighted by Crippen LogP contribution is 2.05. The number of hydrogen-bond acceptors (Lipinski definition) is 5. The Morgan fingerprint density at radius 2 is 1.93 bits per heavy atom. The maximum Gasteiger partial charge on any atom is 0.235 e. The molecule has 5 heteroatoms. The molecule has 5 nitrogen and oxygen atoms in total. The van der Waals surface area contributed by atoms with Crippen LogP contribution >= 0.6 is 0 Å². The lowest BCUT2D eigenvalue weighted by Gasteiger charge is -2.05. The van der Waals surface area contributed by atoms with Gasteiger partial charge in [0.2, 0.25) is 12.2 Å². The molecule has 0 fully saturated rings. The van der Waals surface area contributed by atoms with Crippen molar-refractivity contribution in [3.05, 3.63) is 0 Å². The second-order valence-electron chi connectivity index (χ2n) is 2.88. The Morgan fingerprint density at radius 3 is 2.50 bits per heavy atom. The van der Waals surface area contributed by atoms with Crippen LogP contribution in [-0.2, 0) is 9.59 Å². The van der Waals surface area contributed by atoms with E-state index in [-0.39, 0.29) is 12.6 Å². The summed E-state index contributed by atoms with van der Waals surface area (Å²) in [6.45, 7) is 0.367. The third kappa shape index (κ3) is 7.37. The molecule has 0 aromatic carbocycles. The van der Waals surface area contributed by atoms with Crippen LogP contribution in [0.3, 0.4) is 0 Å². The average molecular weight is 198 g/mol. The van der Waals surface area contributed by atoms with Crippen molar-refractivity contribution in [1.29, 1.82) is 0 Å². The number of isocyanates is 2. The van der Waals surface area contributed by atoms with Gasteiger partial charge in [-0.1, -0.05) is 12.8 Å². The lowest BCUT2D eigenvalue weighted by Crippen LogP contribution is -2.09. The van der Waals surface area contributed by atoms with Gasteiger partial charge in [0.05, 0.1) is 19.2 Å². The summed E-state index contributed by atoms with van der Waals surface area (Å²) in [4.78, 5) is 26.4. The van der Waals surface area contributed by atoms with E-state index in [0.29, 0.717) is 13.0 Å². The van der Waals surface area contributed by atoms with Crippen molar-refractivity contribution in [2.24, 2.45) is 9.98 Å². The summed E-state index contributed by atoms with van der Waals surface area (Å²) in [6, 6.07) is -0.331. The molecule has 0 aromatic heterocycles. The molecule has 1 atom stereocenters. The SMILES string of the molecule is O=C=NCCCCCC(CO)N=C=O. The Balaban J connectivity index is 3.41. The standard InChI is InChI=1S/C9H14N2O3/c12-6-9(11-8-14)4-2-1-3-5-10-7-13/h9,12H,1-6H2. The normalized spacial score (nSPS) is 11.2. The van der Waals surface area contributed by atoms with E-state index in [1.807, 2.05) is 0 Å². The fraction of sp³-hybridized carbons (Fsp3) is 0.778. The molecule has 0 aliphatic rings. The number of hydrogen-bond donors (Lipinski definition) is 1. The first-order valence-corrected chi connectivity index (χ1v) is 4.56. The van der Waals surface area contributed by atoms with Gasteiger partial charge in [-0.3, -0.25) is 0 Å². The molecular formula is C9H14N2O3. The van der Waals surface area contributed by atoms with Gasteiger partial charge in [-0.05, 0) is 12.8 Å². The minimum atomic E-state index is -0.331. The summed E-state index contributed by atoms with van der Waals surface area (Å²) < 4.78 is 0. The van der Waals surface area contributed by atoms with E-state index in [9.17, 15) is 9.59 Å². The highest BCUT2D eigenvalue weighted by molar-refractivity contribution is 5.33. The molecule has 0 heterocycles. The van der Waals surface area contributed by atoms with Crippen LogP contribution in [0.25, 0.3) is 0 Å². The number of rotatable bonds is 8. The lowest BCUT2D eigenvalue weighted by atomic mass is 10.1. The van der Waals surface area contributed by atoms with Crippen molar-refractivity contribution in [1.82, 2.24) is 0 Å². The average Bonchev–Trinajstić information content (AvgIpc) is 2.21. The van der Waals surface area contributed by atoms with Crippen LogP contribution in [0.4, 0.5) is 0 Å². The molecule has 0 saturated carbocycles. The van der Waals surface area contributed by atoms with E-state index in [1.165, 1.54) is 12.2 Å². The number of aliphatic hydroxyl groups is 1. The second-order valence-corrected chi connectivity index (χ2v) is 2.88. The highest BCUT2D eigenvalue weighted by atomic mass is 16.3. The van der Waals surface area contributed by atoms with Gasteiger partial charge in [-0.2, -0.15) is 0 Å². The highest BCUT2D eigenvalue weighted by Gasteiger charge is 2.03. The monoisotopic (exact) mass is 198 g/mol. The van der Waals surface area contributed by atoms with E-state index < -0.39 is 0 Å². The van der Waals surface area contributed by atoms with Crippen molar-refractivity contribution >= 4 is 12.2 Å². The van der Waals surface area contributed by atoms with Crippen molar-refractivity contribution < 1.29 is 14.7 Å². The molecule has 0 rings (SSSR count). The summed E-state index contributed by atoms with van der Waals surface area (Å²) in [5.41, 5.74) is 0. The van der Waals surface area contributed by atoms with Crippen molar-refractivity contribution in [2.75, 3.05) is 13.2 Å². The molecule has 0 bridgehead atoms. The molecular weight excluding hydrogens is 184 g/mol. The minimum absolute atomic E-state index is 0.123. The topological polar surface area (TPSA) is 79.1 Å². The van der Waals surface area contributed by atoms with Crippen molar-refractivity contribution in [2.45, 2.75) is 31.7 Å². The second kappa shape index (κ2) is 9.81. The maximum absolute atomic E-state index is 9.89. The first-order chi connectivity index (χ1) is 6.85. The van der Waals surface area contributed by atoms with E-state index >= 15 is 0 Å². The predicted molar refractivity (Wildman–Crippen MR) is 50.5 cm³/mol. The molecule has 78 valence electrons. The molecule has 14 heavy (non-hydrogen) atoms. The van der Waals surface area contributed by atoms with Crippen LogP contribution in [0.2, 0.25) is 0 Å². The van der Waals surface area contributed by atoms with E-state index in [2.05, 4.69) is 9.98 Å². The van der Waals surface area contributed by atoms with Gasteiger partial charge in [-0.15, -0.1) is 0 Å². The van der Waals surface area contributed by atoms with Gasteiger partial charge in [0, 0.05) is 0 Å². The Bertz CT molecular complexity index is 230. The summed E-state index contributed by atoms with van der Waals surface area (Å²) in [7, 11) is 0. The molecule has 1 unspecified atom stereocenters. The zero-order valence-corrected chi connectivity index (χ0v) is 7.98. The summed E-state index contributed by atoms with van der Waals surface area (Å²) in [5, 5.41) is 8.76. The molecule has 0 amide bonds. The van der Waals surface area contributed by atoms with Gasteiger partial charge in [0.15, 0.2) is 0 Å². The van der Waals surface area contributed by atoms with Crippen LogP contribution in [0, 0.1) is 0 Å². The number of aliphatic hydroxyl groups excluding tert-OH is 1. The zero-order valence-electron chi connectivity index (χ0n) is 7.98. The van der Waals surface area contributed by atoms with Crippen LogP contribution in [-0.4, -0.2) is 36.5 Å². The largest absolute Gasteiger partial charge is 0.394 e. The molecule has 0 aromatic rings. The molecule has 0 saturated heterocycles. The van der Waals surface area contributed by atoms with E-state index in [4.69, 9.17) is 5.11 Å². The molecule has 1 N–H and O–H groups in total. The lowest BCUT2D eigenvalue weighted by molar-refractivity contribution is 0.258. The molecule has 0 spiro atoms. The summed E-state index contributed by atoms with van der Waals surface area (Å²) in [6.07, 6.45) is 6.12. The summed E-state index contributed by atoms with van der Waals surface area (Å²) in [5.74, 6) is 0. The van der Waals surface area contributed by atoms with E-state index in [1.54, 1.807) is 0 Å². The fourth-order valence-corrected chi connectivity index (χ4v) is 1.06.